The number of nitrogens with one attached hydrogen (secondary N) is 1. The molecular formula is C39H28N2O9. The lowest BCUT2D eigenvalue weighted by molar-refractivity contribution is -0.378. The van der Waals surface area contributed by atoms with Gasteiger partial charge in [0.15, 0.2) is 12.4 Å². The molecule has 0 saturated heterocycles. The molecule has 3 N–H and O–H groups in total. The standard InChI is InChI=1S/C27H18O9.C12H10N2/c28-25(29)16-1-7-19(8-2-16)34-22-13-23(35-20-9-3-17(4-10-20)26(30)31)15-24(14-22)36-21-11-5-18(6-12-21)27(32)33;1(11-3-7-13-8-4-11)2-12-5-9-14-10-6-12/h1-15H,(H,28,29)(H,30,31)(H,32,33);1-10H/b;2-1+. The van der Waals surface area contributed by atoms with E-state index in [1.807, 2.05) is 36.7 Å². The highest BCUT2D eigenvalue weighted by Gasteiger charge is 2.10. The van der Waals surface area contributed by atoms with E-state index in [1.54, 1.807) is 30.6 Å². The number of carboxylic acid groups (broad SMARTS) is 3. The molecule has 0 aliphatic heterocycles. The van der Waals surface area contributed by atoms with Crippen molar-refractivity contribution in [2.24, 2.45) is 0 Å². The Morgan fingerprint density at radius 2 is 0.880 bits per heavy atom. The highest BCUT2D eigenvalue weighted by Crippen LogP contribution is 2.35. The fourth-order valence-electron chi connectivity index (χ4n) is 4.30. The second-order valence-corrected chi connectivity index (χ2v) is 10.4. The molecule has 0 aliphatic rings. The van der Waals surface area contributed by atoms with Crippen LogP contribution in [0.25, 0.3) is 12.2 Å². The van der Waals surface area contributed by atoms with Crippen LogP contribution in [0.5, 0.6) is 34.5 Å². The van der Waals surface area contributed by atoms with Crippen molar-refractivity contribution in [3.63, 3.8) is 0 Å². The number of pyridine rings is 2. The fourth-order valence-corrected chi connectivity index (χ4v) is 4.30. The first-order valence-corrected chi connectivity index (χ1v) is 14.9. The predicted octanol–water partition coefficient (Wildman–Crippen LogP) is 6.89. The van der Waals surface area contributed by atoms with Crippen LogP contribution in [0.1, 0.15) is 42.2 Å². The third kappa shape index (κ3) is 10.1. The number of ether oxygens (including phenoxy) is 3. The summed E-state index contributed by atoms with van der Waals surface area (Å²) in [6, 6.07) is 29.9. The van der Waals surface area contributed by atoms with Gasteiger partial charge in [0.1, 0.15) is 34.5 Å². The van der Waals surface area contributed by atoms with Gasteiger partial charge in [-0.2, -0.15) is 0 Å². The van der Waals surface area contributed by atoms with Gasteiger partial charge >= 0.3 is 11.9 Å². The third-order valence-corrected chi connectivity index (χ3v) is 6.77. The lowest BCUT2D eigenvalue weighted by Gasteiger charge is -2.13. The highest BCUT2D eigenvalue weighted by atomic mass is 16.5. The van der Waals surface area contributed by atoms with Gasteiger partial charge in [0.05, 0.1) is 17.1 Å². The van der Waals surface area contributed by atoms with E-state index in [2.05, 4.69) is 22.1 Å². The summed E-state index contributed by atoms with van der Waals surface area (Å²) in [6.45, 7) is 0. The molecule has 2 aromatic heterocycles. The first-order valence-electron chi connectivity index (χ1n) is 14.9. The minimum Gasteiger partial charge on any atom is -0.545 e. The quantitative estimate of drug-likeness (QED) is 0.148. The maximum absolute atomic E-state index is 11.1. The molecule has 0 saturated carbocycles. The van der Waals surface area contributed by atoms with Crippen LogP contribution < -0.4 is 24.3 Å². The molecule has 4 aromatic carbocycles. The van der Waals surface area contributed by atoms with E-state index in [-0.39, 0.29) is 16.7 Å². The maximum Gasteiger partial charge on any atom is 0.335 e. The number of carbonyl (C=O) groups excluding carboxylic acids is 1. The maximum atomic E-state index is 11.1. The Hall–Kier alpha value is -7.27. The zero-order valence-electron chi connectivity index (χ0n) is 26.1. The summed E-state index contributed by atoms with van der Waals surface area (Å²) < 4.78 is 17.6. The summed E-state index contributed by atoms with van der Waals surface area (Å²) >= 11 is 0. The number of nitrogens with zero attached hydrogens (tertiary/aromatic N) is 1. The van der Waals surface area contributed by atoms with Gasteiger partial charge < -0.3 is 34.3 Å². The zero-order valence-corrected chi connectivity index (χ0v) is 26.1. The second kappa shape index (κ2) is 16.5. The van der Waals surface area contributed by atoms with Gasteiger partial charge in [0.25, 0.3) is 0 Å². The third-order valence-electron chi connectivity index (χ3n) is 6.77. The smallest absolute Gasteiger partial charge is 0.335 e. The number of aromatic amines is 1. The van der Waals surface area contributed by atoms with Crippen molar-refractivity contribution in [1.82, 2.24) is 4.98 Å². The molecular weight excluding hydrogens is 640 g/mol. The van der Waals surface area contributed by atoms with Crippen molar-refractivity contribution in [1.29, 1.82) is 0 Å². The molecule has 0 amide bonds. The molecule has 11 heteroatoms. The van der Waals surface area contributed by atoms with Crippen molar-refractivity contribution in [3.8, 4) is 34.5 Å². The van der Waals surface area contributed by atoms with Crippen molar-refractivity contribution < 1.29 is 48.9 Å². The van der Waals surface area contributed by atoms with Crippen LogP contribution >= 0.6 is 0 Å². The second-order valence-electron chi connectivity index (χ2n) is 10.4. The number of aromatic nitrogens is 2. The van der Waals surface area contributed by atoms with E-state index in [1.165, 1.54) is 78.4 Å². The molecule has 0 atom stereocenters. The van der Waals surface area contributed by atoms with Crippen LogP contribution in [-0.4, -0.2) is 33.1 Å². The van der Waals surface area contributed by atoms with Gasteiger partial charge in [-0.3, -0.25) is 4.98 Å². The average molecular weight is 669 g/mol. The summed E-state index contributed by atoms with van der Waals surface area (Å²) in [5.74, 6) is -1.45. The van der Waals surface area contributed by atoms with Crippen molar-refractivity contribution in [2.75, 3.05) is 0 Å². The van der Waals surface area contributed by atoms with Crippen LogP contribution in [0.3, 0.4) is 0 Å². The molecule has 0 spiro atoms. The zero-order chi connectivity index (χ0) is 35.3. The van der Waals surface area contributed by atoms with Crippen LogP contribution in [0.2, 0.25) is 0 Å². The van der Waals surface area contributed by atoms with E-state index in [4.69, 9.17) is 24.4 Å². The van der Waals surface area contributed by atoms with Crippen LogP contribution in [0.4, 0.5) is 0 Å². The molecule has 0 radical (unpaired) electrons. The van der Waals surface area contributed by atoms with Crippen LogP contribution in [0.15, 0.2) is 140 Å². The van der Waals surface area contributed by atoms with Crippen molar-refractivity contribution in [2.45, 2.75) is 0 Å². The summed E-state index contributed by atoms with van der Waals surface area (Å²) in [4.78, 5) is 40.1. The van der Waals surface area contributed by atoms with Gasteiger partial charge in [-0.1, -0.05) is 12.2 Å². The summed E-state index contributed by atoms with van der Waals surface area (Å²) in [5, 5.41) is 29.1. The summed E-state index contributed by atoms with van der Waals surface area (Å²) in [6.07, 6.45) is 11.5. The van der Waals surface area contributed by atoms with E-state index < -0.39 is 17.9 Å². The topological polar surface area (TPSA) is 169 Å². The Morgan fingerprint density at radius 3 is 1.24 bits per heavy atom. The molecule has 248 valence electrons. The number of rotatable bonds is 11. The molecule has 0 fully saturated rings. The average Bonchev–Trinajstić information content (AvgIpc) is 3.12. The molecule has 2 heterocycles. The Morgan fingerprint density at radius 1 is 0.520 bits per heavy atom. The van der Waals surface area contributed by atoms with E-state index in [9.17, 15) is 19.5 Å². The Kier molecular flexibility index (Phi) is 11.3. The predicted molar refractivity (Wildman–Crippen MR) is 180 cm³/mol. The van der Waals surface area contributed by atoms with Gasteiger partial charge in [-0.25, -0.2) is 14.6 Å². The fraction of sp³-hybridized carbons (Fsp3) is 0. The van der Waals surface area contributed by atoms with E-state index in [0.717, 1.165) is 5.56 Å². The van der Waals surface area contributed by atoms with Gasteiger partial charge in [-0.15, -0.1) is 0 Å². The molecule has 6 aromatic rings. The Balaban J connectivity index is 0.000000288. The van der Waals surface area contributed by atoms with Crippen molar-refractivity contribution in [3.05, 3.63) is 168 Å². The minimum atomic E-state index is -1.31. The lowest BCUT2D eigenvalue weighted by atomic mass is 10.2. The number of H-pyrrole nitrogens is 1. The largest absolute Gasteiger partial charge is 0.545 e. The number of aromatic carboxylic acids is 3. The van der Waals surface area contributed by atoms with Gasteiger partial charge in [0.2, 0.25) is 0 Å². The number of benzene rings is 4. The van der Waals surface area contributed by atoms with Crippen LogP contribution in [0, 0.1) is 0 Å². The molecule has 0 unspecified atom stereocenters. The number of hydrogen-bond donors (Lipinski definition) is 2. The molecule has 6 rings (SSSR count). The lowest BCUT2D eigenvalue weighted by Crippen LogP contribution is -2.21. The molecule has 11 nitrogen and oxygen atoms in total. The summed E-state index contributed by atoms with van der Waals surface area (Å²) in [5.41, 5.74) is 2.55. The monoisotopic (exact) mass is 668 g/mol. The SMILES string of the molecule is C(=C\c1cc[nH+]cc1)/c1ccncc1.O=C([O-])c1ccc(Oc2cc(Oc3ccc(C(=O)O)cc3)cc(Oc3ccc(C(=O)O)cc3)c2)cc1. The van der Waals surface area contributed by atoms with Gasteiger partial charge in [0, 0.05) is 42.7 Å². The van der Waals surface area contributed by atoms with Crippen LogP contribution in [-0.2, 0) is 0 Å². The number of carbonyl (C=O) groups is 3. The highest BCUT2D eigenvalue weighted by molar-refractivity contribution is 5.88. The van der Waals surface area contributed by atoms with E-state index in [0.29, 0.717) is 34.5 Å². The normalized spacial score (nSPS) is 10.4. The summed E-state index contributed by atoms with van der Waals surface area (Å²) in [7, 11) is 0. The molecule has 0 aliphatic carbocycles. The number of carboxylic acids is 3. The number of hydrogen-bond acceptors (Lipinski definition) is 8. The van der Waals surface area contributed by atoms with Gasteiger partial charge in [-0.05, 0) is 102 Å². The van der Waals surface area contributed by atoms with E-state index >= 15 is 0 Å². The first kappa shape index (κ1) is 34.1. The van der Waals surface area contributed by atoms with Crippen molar-refractivity contribution >= 4 is 30.1 Å². The molecule has 0 bridgehead atoms. The Labute approximate surface area is 286 Å². The molecule has 50 heavy (non-hydrogen) atoms. The first-order chi connectivity index (χ1) is 24.2. The Bertz CT molecular complexity index is 1860. The minimum absolute atomic E-state index is 0.00179.